The quantitative estimate of drug-likeness (QED) is 0.494. The molecule has 3 N–H and O–H groups in total. The summed E-state index contributed by atoms with van der Waals surface area (Å²) in [6.45, 7) is 0. The molecule has 0 atom stereocenters. The molecule has 2 aliphatic carbocycles. The Kier molecular flexibility index (Phi) is 6.55. The molecular weight excluding hydrogens is 414 g/mol. The number of nitrogens with zero attached hydrogens (tertiary/aromatic N) is 4. The van der Waals surface area contributed by atoms with Crippen LogP contribution in [0.1, 0.15) is 64.8 Å². The second-order valence-electron chi connectivity index (χ2n) is 8.52. The van der Waals surface area contributed by atoms with Gasteiger partial charge in [-0.3, -0.25) is 4.57 Å². The van der Waals surface area contributed by atoms with Crippen molar-refractivity contribution in [2.75, 3.05) is 10.6 Å². The molecule has 32 heavy (non-hydrogen) atoms. The Hall–Kier alpha value is -2.81. The molecule has 2 saturated carbocycles. The van der Waals surface area contributed by atoms with Crippen molar-refractivity contribution in [2.45, 2.75) is 77.0 Å². The molecule has 2 fully saturated rings. The Bertz CT molecular complexity index is 1050. The zero-order chi connectivity index (χ0) is 21.4. The molecule has 0 unspecified atom stereocenters. The zero-order valence-electron chi connectivity index (χ0n) is 17.2. The number of anilines is 3. The van der Waals surface area contributed by atoms with Crippen LogP contribution in [0, 0.1) is 11.6 Å². The molecule has 0 spiro atoms. The van der Waals surface area contributed by atoms with E-state index in [2.05, 4.69) is 20.6 Å². The van der Waals surface area contributed by atoms with Crippen LogP contribution in [-0.4, -0.2) is 36.8 Å². The minimum absolute atomic E-state index is 0. The Balaban J connectivity index is 0.00000245. The molecular formula is C23H30F2N6O. The summed E-state index contributed by atoms with van der Waals surface area (Å²) in [6, 6.07) is 4.12. The van der Waals surface area contributed by atoms with Gasteiger partial charge >= 0.3 is 0 Å². The normalized spacial score (nSPS) is 21.5. The maximum Gasteiger partial charge on any atom is 0.224 e. The second kappa shape index (κ2) is 9.36. The van der Waals surface area contributed by atoms with Gasteiger partial charge in [-0.2, -0.15) is 4.98 Å². The number of hydrogen-bond acceptors (Lipinski definition) is 6. The first kappa shape index (κ1) is 22.4. The van der Waals surface area contributed by atoms with Gasteiger partial charge < -0.3 is 15.7 Å². The SMILES string of the molecule is C.OC1CCC(n2c(Nc3c(F)cccc3F)nc3cnc(NC4CCCC4)nc32)CC1. The third-order valence-corrected chi connectivity index (χ3v) is 6.35. The van der Waals surface area contributed by atoms with E-state index in [1.165, 1.54) is 31.0 Å². The lowest BCUT2D eigenvalue weighted by atomic mass is 9.93. The summed E-state index contributed by atoms with van der Waals surface area (Å²) in [5.41, 5.74) is 0.936. The minimum Gasteiger partial charge on any atom is -0.393 e. The highest BCUT2D eigenvalue weighted by Gasteiger charge is 2.27. The van der Waals surface area contributed by atoms with Gasteiger partial charge in [-0.15, -0.1) is 0 Å². The van der Waals surface area contributed by atoms with E-state index in [4.69, 9.17) is 4.98 Å². The molecule has 3 aromatic rings. The van der Waals surface area contributed by atoms with Crippen molar-refractivity contribution in [1.29, 1.82) is 0 Å². The lowest BCUT2D eigenvalue weighted by Gasteiger charge is -2.28. The molecule has 0 radical (unpaired) electrons. The third-order valence-electron chi connectivity index (χ3n) is 6.35. The Morgan fingerprint density at radius 2 is 1.66 bits per heavy atom. The van der Waals surface area contributed by atoms with E-state index in [9.17, 15) is 13.9 Å². The maximum atomic E-state index is 14.3. The molecule has 9 heteroatoms. The van der Waals surface area contributed by atoms with Gasteiger partial charge in [0.05, 0.1) is 12.3 Å². The summed E-state index contributed by atoms with van der Waals surface area (Å²) in [4.78, 5) is 13.7. The summed E-state index contributed by atoms with van der Waals surface area (Å²) in [5.74, 6) is -0.507. The number of halogens is 2. The van der Waals surface area contributed by atoms with Crippen molar-refractivity contribution in [3.63, 3.8) is 0 Å². The highest BCUT2D eigenvalue weighted by molar-refractivity contribution is 5.76. The average molecular weight is 445 g/mol. The van der Waals surface area contributed by atoms with Crippen LogP contribution in [0.25, 0.3) is 11.2 Å². The van der Waals surface area contributed by atoms with Gasteiger partial charge in [0.1, 0.15) is 22.8 Å². The zero-order valence-corrected chi connectivity index (χ0v) is 17.2. The monoisotopic (exact) mass is 444 g/mol. The summed E-state index contributed by atoms with van der Waals surface area (Å²) in [7, 11) is 0. The number of aliphatic hydroxyl groups excluding tert-OH is 1. The number of nitrogens with one attached hydrogen (secondary N) is 2. The van der Waals surface area contributed by atoms with Gasteiger partial charge in [-0.05, 0) is 50.7 Å². The first-order chi connectivity index (χ1) is 15.1. The van der Waals surface area contributed by atoms with E-state index in [1.54, 1.807) is 6.20 Å². The highest BCUT2D eigenvalue weighted by atomic mass is 19.1. The summed E-state index contributed by atoms with van der Waals surface area (Å²) in [6.07, 6.45) is 8.71. The number of imidazole rings is 1. The van der Waals surface area contributed by atoms with Crippen LogP contribution in [0.3, 0.4) is 0 Å². The van der Waals surface area contributed by atoms with Crippen LogP contribution < -0.4 is 10.6 Å². The van der Waals surface area contributed by atoms with E-state index in [1.807, 2.05) is 4.57 Å². The molecule has 172 valence electrons. The van der Waals surface area contributed by atoms with Crippen LogP contribution in [-0.2, 0) is 0 Å². The molecule has 7 nitrogen and oxygen atoms in total. The number of para-hydroxylation sites is 1. The van der Waals surface area contributed by atoms with Crippen LogP contribution in [0.15, 0.2) is 24.4 Å². The average Bonchev–Trinajstić information content (AvgIpc) is 3.39. The van der Waals surface area contributed by atoms with E-state index < -0.39 is 11.6 Å². The molecule has 1 aromatic carbocycles. The largest absolute Gasteiger partial charge is 0.393 e. The maximum absolute atomic E-state index is 14.3. The van der Waals surface area contributed by atoms with Gasteiger partial charge in [-0.1, -0.05) is 26.3 Å². The molecule has 0 saturated heterocycles. The topological polar surface area (TPSA) is 87.9 Å². The second-order valence-corrected chi connectivity index (χ2v) is 8.52. The van der Waals surface area contributed by atoms with Crippen molar-refractivity contribution in [3.05, 3.63) is 36.0 Å². The standard InChI is InChI=1S/C22H26F2N6O.CH4/c23-16-6-3-7-17(24)19(16)28-22-27-18-12-25-21(26-13-4-1-2-5-13)29-20(18)30(22)14-8-10-15(31)11-9-14;/h3,6-7,12-15,31H,1-2,4-5,8-11H2,(H,27,28)(H,25,26,29);1H4. The van der Waals surface area contributed by atoms with E-state index >= 15 is 0 Å². The Labute approximate surface area is 186 Å². The van der Waals surface area contributed by atoms with Crippen molar-refractivity contribution < 1.29 is 13.9 Å². The highest BCUT2D eigenvalue weighted by Crippen LogP contribution is 2.35. The van der Waals surface area contributed by atoms with E-state index in [0.717, 1.165) is 25.7 Å². The fourth-order valence-electron chi connectivity index (χ4n) is 4.69. The summed E-state index contributed by atoms with van der Waals surface area (Å²) in [5, 5.41) is 16.2. The number of hydrogen-bond donors (Lipinski definition) is 3. The molecule has 0 bridgehead atoms. The van der Waals surface area contributed by atoms with Gasteiger partial charge in [0.2, 0.25) is 11.9 Å². The number of rotatable bonds is 5. The first-order valence-corrected chi connectivity index (χ1v) is 11.0. The number of benzene rings is 1. The van der Waals surface area contributed by atoms with Crippen molar-refractivity contribution in [3.8, 4) is 0 Å². The number of fused-ring (bicyclic) bond motifs is 1. The van der Waals surface area contributed by atoms with Gasteiger partial charge in [0.15, 0.2) is 5.65 Å². The smallest absolute Gasteiger partial charge is 0.224 e. The van der Waals surface area contributed by atoms with Gasteiger partial charge in [0.25, 0.3) is 0 Å². The molecule has 0 amide bonds. The first-order valence-electron chi connectivity index (χ1n) is 11.0. The van der Waals surface area contributed by atoms with Crippen molar-refractivity contribution in [2.24, 2.45) is 0 Å². The third kappa shape index (κ3) is 4.39. The fourth-order valence-corrected chi connectivity index (χ4v) is 4.69. The molecule has 5 rings (SSSR count). The predicted molar refractivity (Wildman–Crippen MR) is 121 cm³/mol. The lowest BCUT2D eigenvalue weighted by molar-refractivity contribution is 0.112. The molecule has 2 aliphatic rings. The van der Waals surface area contributed by atoms with Crippen LogP contribution in [0.5, 0.6) is 0 Å². The lowest BCUT2D eigenvalue weighted by Crippen LogP contribution is -2.22. The predicted octanol–water partition coefficient (Wildman–Crippen LogP) is 5.31. The van der Waals surface area contributed by atoms with Gasteiger partial charge in [0, 0.05) is 12.1 Å². The van der Waals surface area contributed by atoms with Crippen LogP contribution in [0.4, 0.5) is 26.4 Å². The van der Waals surface area contributed by atoms with Crippen LogP contribution in [0.2, 0.25) is 0 Å². The van der Waals surface area contributed by atoms with Gasteiger partial charge in [-0.25, -0.2) is 18.7 Å². The Morgan fingerprint density at radius 1 is 0.969 bits per heavy atom. The van der Waals surface area contributed by atoms with Crippen LogP contribution >= 0.6 is 0 Å². The van der Waals surface area contributed by atoms with E-state index in [-0.39, 0.29) is 25.3 Å². The summed E-state index contributed by atoms with van der Waals surface area (Å²) >= 11 is 0. The van der Waals surface area contributed by atoms with Crippen molar-refractivity contribution >= 4 is 28.7 Å². The van der Waals surface area contributed by atoms with Crippen molar-refractivity contribution in [1.82, 2.24) is 19.5 Å². The molecule has 2 aromatic heterocycles. The minimum atomic E-state index is -0.688. The molecule has 0 aliphatic heterocycles. The van der Waals surface area contributed by atoms with E-state index in [0.29, 0.717) is 41.9 Å². The number of aromatic nitrogens is 4. The Morgan fingerprint density at radius 3 is 2.34 bits per heavy atom. The molecule has 2 heterocycles. The number of aliphatic hydroxyl groups is 1. The fraction of sp³-hybridized carbons (Fsp3) is 0.522. The summed E-state index contributed by atoms with van der Waals surface area (Å²) < 4.78 is 30.5.